The summed E-state index contributed by atoms with van der Waals surface area (Å²) in [5, 5.41) is 3.05. The van der Waals surface area contributed by atoms with E-state index in [1.165, 1.54) is 6.07 Å². The second-order valence-electron chi connectivity index (χ2n) is 3.96. The Morgan fingerprint density at radius 1 is 1.16 bits per heavy atom. The number of carbonyl (C=O) groups excluding carboxylic acids is 2. The van der Waals surface area contributed by atoms with Crippen LogP contribution in [0, 0.1) is 0 Å². The van der Waals surface area contributed by atoms with Crippen LogP contribution in [0.3, 0.4) is 0 Å². The van der Waals surface area contributed by atoms with Gasteiger partial charge in [0.2, 0.25) is 11.8 Å². The molecule has 0 aliphatic carbocycles. The first-order chi connectivity index (χ1) is 9.06. The van der Waals surface area contributed by atoms with Crippen molar-refractivity contribution in [3.05, 3.63) is 47.5 Å². The number of nitrogens with one attached hydrogen (secondary N) is 2. The highest BCUT2D eigenvalue weighted by molar-refractivity contribution is 5.99. The Labute approximate surface area is 109 Å². The summed E-state index contributed by atoms with van der Waals surface area (Å²) in [6, 6.07) is 4.49. The van der Waals surface area contributed by atoms with Crippen LogP contribution in [0.25, 0.3) is 0 Å². The number of primary amides is 2. The monoisotopic (exact) mass is 259 g/mol. The number of rotatable bonds is 5. The molecule has 0 aliphatic rings. The van der Waals surface area contributed by atoms with Crippen molar-refractivity contribution >= 4 is 17.5 Å². The zero-order valence-electron chi connectivity index (χ0n) is 10.0. The second kappa shape index (κ2) is 5.21. The minimum absolute atomic E-state index is 0.225. The van der Waals surface area contributed by atoms with E-state index >= 15 is 0 Å². The number of benzene rings is 1. The van der Waals surface area contributed by atoms with E-state index < -0.39 is 11.8 Å². The SMILES string of the molecule is NC(=O)c1cc(NCc2cnc[nH]2)cc(C(N)=O)c1. The van der Waals surface area contributed by atoms with Crippen molar-refractivity contribution in [2.45, 2.75) is 6.54 Å². The van der Waals surface area contributed by atoms with Crippen LogP contribution in [-0.2, 0) is 6.54 Å². The molecule has 7 heteroatoms. The molecule has 0 aliphatic heterocycles. The number of nitrogens with two attached hydrogens (primary N) is 2. The molecule has 0 saturated carbocycles. The molecule has 1 aromatic heterocycles. The van der Waals surface area contributed by atoms with Gasteiger partial charge in [0.1, 0.15) is 0 Å². The average molecular weight is 259 g/mol. The molecule has 19 heavy (non-hydrogen) atoms. The molecule has 7 nitrogen and oxygen atoms in total. The lowest BCUT2D eigenvalue weighted by Crippen LogP contribution is -2.16. The first kappa shape index (κ1) is 12.6. The fourth-order valence-electron chi connectivity index (χ4n) is 1.59. The summed E-state index contributed by atoms with van der Waals surface area (Å²) in [5.74, 6) is -1.24. The van der Waals surface area contributed by atoms with Crippen molar-refractivity contribution in [1.82, 2.24) is 9.97 Å². The zero-order valence-corrected chi connectivity index (χ0v) is 10.0. The summed E-state index contributed by atoms with van der Waals surface area (Å²) >= 11 is 0. The summed E-state index contributed by atoms with van der Waals surface area (Å²) in [6.45, 7) is 0.473. The fourth-order valence-corrected chi connectivity index (χ4v) is 1.59. The third-order valence-electron chi connectivity index (χ3n) is 2.54. The second-order valence-corrected chi connectivity index (χ2v) is 3.96. The number of anilines is 1. The molecule has 1 heterocycles. The Morgan fingerprint density at radius 2 is 1.79 bits per heavy atom. The Kier molecular flexibility index (Phi) is 3.46. The van der Waals surface area contributed by atoms with Gasteiger partial charge in [-0.05, 0) is 18.2 Å². The lowest BCUT2D eigenvalue weighted by molar-refractivity contribution is 0.0999. The van der Waals surface area contributed by atoms with Gasteiger partial charge in [-0.15, -0.1) is 0 Å². The molecule has 2 aromatic rings. The highest BCUT2D eigenvalue weighted by atomic mass is 16.1. The molecule has 2 amide bonds. The third kappa shape index (κ3) is 3.09. The maximum absolute atomic E-state index is 11.2. The number of hydrogen-bond donors (Lipinski definition) is 4. The fraction of sp³-hybridized carbons (Fsp3) is 0.0833. The van der Waals surface area contributed by atoms with Crippen molar-refractivity contribution in [3.63, 3.8) is 0 Å². The first-order valence-electron chi connectivity index (χ1n) is 5.52. The van der Waals surface area contributed by atoms with Crippen molar-refractivity contribution < 1.29 is 9.59 Å². The molecule has 0 radical (unpaired) electrons. The van der Waals surface area contributed by atoms with E-state index in [0.29, 0.717) is 12.2 Å². The summed E-state index contributed by atoms with van der Waals surface area (Å²) in [4.78, 5) is 29.2. The molecule has 0 unspecified atom stereocenters. The molecule has 0 atom stereocenters. The number of hydrogen-bond acceptors (Lipinski definition) is 4. The summed E-state index contributed by atoms with van der Waals surface area (Å²) in [7, 11) is 0. The lowest BCUT2D eigenvalue weighted by Gasteiger charge is -2.08. The number of amides is 2. The van der Waals surface area contributed by atoms with Gasteiger partial charge in [0.25, 0.3) is 0 Å². The maximum atomic E-state index is 11.2. The molecule has 1 aromatic carbocycles. The van der Waals surface area contributed by atoms with Gasteiger partial charge in [-0.3, -0.25) is 9.59 Å². The van der Waals surface area contributed by atoms with Crippen LogP contribution in [0.15, 0.2) is 30.7 Å². The Bertz CT molecular complexity index is 574. The van der Waals surface area contributed by atoms with E-state index in [0.717, 1.165) is 5.69 Å². The average Bonchev–Trinajstić information content (AvgIpc) is 2.89. The van der Waals surface area contributed by atoms with Crippen LogP contribution in [-0.4, -0.2) is 21.8 Å². The minimum atomic E-state index is -0.618. The maximum Gasteiger partial charge on any atom is 0.248 e. The number of carbonyl (C=O) groups is 2. The van der Waals surface area contributed by atoms with Crippen LogP contribution in [0.1, 0.15) is 26.4 Å². The largest absolute Gasteiger partial charge is 0.379 e. The Balaban J connectivity index is 2.23. The van der Waals surface area contributed by atoms with Gasteiger partial charge in [-0.1, -0.05) is 0 Å². The predicted octanol–water partition coefficient (Wildman–Crippen LogP) is 0.220. The van der Waals surface area contributed by atoms with Gasteiger partial charge >= 0.3 is 0 Å². The number of imidazole rings is 1. The first-order valence-corrected chi connectivity index (χ1v) is 5.52. The molecule has 98 valence electrons. The van der Waals surface area contributed by atoms with Crippen LogP contribution < -0.4 is 16.8 Å². The van der Waals surface area contributed by atoms with Gasteiger partial charge in [-0.25, -0.2) is 4.98 Å². The zero-order chi connectivity index (χ0) is 13.8. The Morgan fingerprint density at radius 3 is 2.26 bits per heavy atom. The van der Waals surface area contributed by atoms with Crippen molar-refractivity contribution in [2.75, 3.05) is 5.32 Å². The van der Waals surface area contributed by atoms with Crippen LogP contribution in [0.5, 0.6) is 0 Å². The molecular formula is C12H13N5O2. The Hall–Kier alpha value is -2.83. The van der Waals surface area contributed by atoms with E-state index in [2.05, 4.69) is 15.3 Å². The molecule has 2 rings (SSSR count). The highest BCUT2D eigenvalue weighted by Gasteiger charge is 2.09. The topological polar surface area (TPSA) is 127 Å². The molecule has 0 bridgehead atoms. The van der Waals surface area contributed by atoms with Crippen LogP contribution >= 0.6 is 0 Å². The van der Waals surface area contributed by atoms with Gasteiger partial charge < -0.3 is 21.8 Å². The van der Waals surface area contributed by atoms with Crippen molar-refractivity contribution in [2.24, 2.45) is 11.5 Å². The third-order valence-corrected chi connectivity index (χ3v) is 2.54. The normalized spacial score (nSPS) is 10.1. The number of nitrogens with zero attached hydrogens (tertiary/aromatic N) is 1. The number of H-pyrrole nitrogens is 1. The van der Waals surface area contributed by atoms with E-state index in [1.807, 2.05) is 0 Å². The summed E-state index contributed by atoms with van der Waals surface area (Å²) < 4.78 is 0. The van der Waals surface area contributed by atoms with Crippen LogP contribution in [0.4, 0.5) is 5.69 Å². The van der Waals surface area contributed by atoms with E-state index in [-0.39, 0.29) is 11.1 Å². The highest BCUT2D eigenvalue weighted by Crippen LogP contribution is 2.15. The van der Waals surface area contributed by atoms with Crippen LogP contribution in [0.2, 0.25) is 0 Å². The number of aromatic nitrogens is 2. The van der Waals surface area contributed by atoms with Gasteiger partial charge in [0.05, 0.1) is 18.6 Å². The molecular weight excluding hydrogens is 246 g/mol. The standard InChI is InChI=1S/C12H13N5O2/c13-11(18)7-1-8(12(14)19)3-9(2-7)16-5-10-4-15-6-17-10/h1-4,6,16H,5H2,(H2,13,18)(H2,14,19)(H,15,17). The van der Waals surface area contributed by atoms with Crippen molar-refractivity contribution in [1.29, 1.82) is 0 Å². The molecule has 0 fully saturated rings. The van der Waals surface area contributed by atoms with Gasteiger partial charge in [-0.2, -0.15) is 0 Å². The lowest BCUT2D eigenvalue weighted by atomic mass is 10.1. The number of aromatic amines is 1. The summed E-state index contributed by atoms with van der Waals surface area (Å²) in [6.07, 6.45) is 3.23. The van der Waals surface area contributed by atoms with E-state index in [9.17, 15) is 9.59 Å². The van der Waals surface area contributed by atoms with E-state index in [4.69, 9.17) is 11.5 Å². The predicted molar refractivity (Wildman–Crippen MR) is 69.4 cm³/mol. The molecule has 0 saturated heterocycles. The van der Waals surface area contributed by atoms with Crippen molar-refractivity contribution in [3.8, 4) is 0 Å². The minimum Gasteiger partial charge on any atom is -0.379 e. The smallest absolute Gasteiger partial charge is 0.248 e. The molecule has 0 spiro atoms. The quantitative estimate of drug-likeness (QED) is 0.612. The summed E-state index contributed by atoms with van der Waals surface area (Å²) in [5.41, 5.74) is 12.3. The van der Waals surface area contributed by atoms with E-state index in [1.54, 1.807) is 24.7 Å². The molecule has 6 N–H and O–H groups in total. The van der Waals surface area contributed by atoms with Gasteiger partial charge in [0.15, 0.2) is 0 Å². The van der Waals surface area contributed by atoms with Gasteiger partial charge in [0, 0.05) is 23.0 Å².